The number of nitrogens with zero attached hydrogens (tertiary/aromatic N) is 1. The highest BCUT2D eigenvalue weighted by molar-refractivity contribution is 8.14. The van der Waals surface area contributed by atoms with E-state index in [2.05, 4.69) is 24.2 Å². The molecule has 2 fully saturated rings. The number of hydrogen-bond donors (Lipinski definition) is 1. The van der Waals surface area contributed by atoms with Crippen LogP contribution in [0.4, 0.5) is 0 Å². The average molecular weight is 228 g/mol. The Morgan fingerprint density at radius 3 is 2.60 bits per heavy atom. The molecular formula is C11H20N2OS. The lowest BCUT2D eigenvalue weighted by Gasteiger charge is -2.39. The van der Waals surface area contributed by atoms with Gasteiger partial charge in [-0.15, -0.1) is 0 Å². The lowest BCUT2D eigenvalue weighted by molar-refractivity contribution is -0.0629. The molecule has 1 N–H and O–H groups in total. The maximum absolute atomic E-state index is 5.54. The molecule has 3 nitrogen and oxygen atoms in total. The van der Waals surface area contributed by atoms with Gasteiger partial charge in [-0.1, -0.05) is 11.8 Å². The molecule has 1 heterocycles. The van der Waals surface area contributed by atoms with E-state index in [9.17, 15) is 0 Å². The molecule has 4 heteroatoms. The quantitative estimate of drug-likeness (QED) is 0.802. The number of rotatable bonds is 3. The number of nitrogens with one attached hydrogen (secondary N) is 1. The molecule has 0 spiro atoms. The topological polar surface area (TPSA) is 33.6 Å². The number of hydrogen-bond acceptors (Lipinski definition) is 3. The Morgan fingerprint density at radius 2 is 2.20 bits per heavy atom. The maximum Gasteiger partial charge on any atom is 0.157 e. The zero-order valence-corrected chi connectivity index (χ0v) is 10.6. The fourth-order valence-corrected chi connectivity index (χ4v) is 2.98. The molecule has 0 aromatic rings. The van der Waals surface area contributed by atoms with Crippen LogP contribution in [-0.2, 0) is 4.74 Å². The Labute approximate surface area is 96.1 Å². The standard InChI is InChI=1S/C11H20N2OS/c1-10(2)8-15-9(13-10)12-7-11(14-3)5-4-6-11/h4-8H2,1-3H3,(H,12,13). The van der Waals surface area contributed by atoms with Gasteiger partial charge in [-0.3, -0.25) is 4.99 Å². The van der Waals surface area contributed by atoms with Gasteiger partial charge in [-0.05, 0) is 33.1 Å². The summed E-state index contributed by atoms with van der Waals surface area (Å²) in [5.41, 5.74) is 0.255. The van der Waals surface area contributed by atoms with Crippen molar-refractivity contribution < 1.29 is 4.74 Å². The van der Waals surface area contributed by atoms with Crippen LogP contribution < -0.4 is 5.32 Å². The molecular weight excluding hydrogens is 208 g/mol. The summed E-state index contributed by atoms with van der Waals surface area (Å²) in [4.78, 5) is 4.63. The average Bonchev–Trinajstić information content (AvgIpc) is 2.45. The van der Waals surface area contributed by atoms with E-state index in [1.54, 1.807) is 7.11 Å². The van der Waals surface area contributed by atoms with Gasteiger partial charge in [0, 0.05) is 18.4 Å². The normalized spacial score (nSPS) is 29.9. The summed E-state index contributed by atoms with van der Waals surface area (Å²) in [6.07, 6.45) is 3.60. The van der Waals surface area contributed by atoms with Crippen molar-refractivity contribution in [2.75, 3.05) is 19.4 Å². The number of methoxy groups -OCH3 is 1. The molecule has 15 heavy (non-hydrogen) atoms. The minimum absolute atomic E-state index is 0.0575. The van der Waals surface area contributed by atoms with Crippen molar-refractivity contribution in [2.45, 2.75) is 44.2 Å². The predicted molar refractivity (Wildman–Crippen MR) is 65.6 cm³/mol. The highest BCUT2D eigenvalue weighted by Crippen LogP contribution is 2.35. The van der Waals surface area contributed by atoms with Crippen LogP contribution in [0.1, 0.15) is 33.1 Å². The molecule has 1 aliphatic carbocycles. The Hall–Kier alpha value is -0.220. The van der Waals surface area contributed by atoms with Gasteiger partial charge in [-0.25, -0.2) is 0 Å². The van der Waals surface area contributed by atoms with Gasteiger partial charge in [0.25, 0.3) is 0 Å². The van der Waals surface area contributed by atoms with E-state index >= 15 is 0 Å². The number of ether oxygens (including phenoxy) is 1. The molecule has 1 saturated carbocycles. The highest BCUT2D eigenvalue weighted by Gasteiger charge is 2.37. The third kappa shape index (κ3) is 2.48. The van der Waals surface area contributed by atoms with Gasteiger partial charge < -0.3 is 10.1 Å². The van der Waals surface area contributed by atoms with E-state index < -0.39 is 0 Å². The molecule has 1 aliphatic heterocycles. The van der Waals surface area contributed by atoms with Crippen LogP contribution >= 0.6 is 11.8 Å². The van der Waals surface area contributed by atoms with Crippen molar-refractivity contribution in [1.82, 2.24) is 5.32 Å². The first-order chi connectivity index (χ1) is 7.05. The lowest BCUT2D eigenvalue weighted by Crippen LogP contribution is -2.43. The molecule has 0 atom stereocenters. The molecule has 0 aromatic heterocycles. The molecule has 86 valence electrons. The summed E-state index contributed by atoms with van der Waals surface area (Å²) >= 11 is 1.82. The summed E-state index contributed by atoms with van der Waals surface area (Å²) in [5.74, 6) is 1.10. The van der Waals surface area contributed by atoms with Crippen molar-refractivity contribution >= 4 is 16.9 Å². The second kappa shape index (κ2) is 3.98. The Morgan fingerprint density at radius 1 is 1.47 bits per heavy atom. The van der Waals surface area contributed by atoms with E-state index in [1.807, 2.05) is 11.8 Å². The number of thioether (sulfide) groups is 1. The maximum atomic E-state index is 5.54. The van der Waals surface area contributed by atoms with Gasteiger partial charge >= 0.3 is 0 Å². The van der Waals surface area contributed by atoms with Crippen LogP contribution in [0.25, 0.3) is 0 Å². The molecule has 0 radical (unpaired) electrons. The van der Waals surface area contributed by atoms with Crippen molar-refractivity contribution in [3.05, 3.63) is 0 Å². The minimum atomic E-state index is 0.0575. The Kier molecular flexibility index (Phi) is 2.99. The first-order valence-electron chi connectivity index (χ1n) is 5.56. The molecule has 2 rings (SSSR count). The highest BCUT2D eigenvalue weighted by atomic mass is 32.2. The van der Waals surface area contributed by atoms with E-state index in [4.69, 9.17) is 4.74 Å². The summed E-state index contributed by atoms with van der Waals surface area (Å²) in [6, 6.07) is 0. The monoisotopic (exact) mass is 228 g/mol. The van der Waals surface area contributed by atoms with Crippen LogP contribution in [-0.4, -0.2) is 35.7 Å². The molecule has 2 aliphatic rings. The number of amidine groups is 1. The van der Waals surface area contributed by atoms with Crippen LogP contribution in [0.3, 0.4) is 0 Å². The fourth-order valence-electron chi connectivity index (χ4n) is 1.91. The molecule has 0 amide bonds. The van der Waals surface area contributed by atoms with E-state index in [1.165, 1.54) is 6.42 Å². The zero-order chi connectivity index (χ0) is 10.9. The van der Waals surface area contributed by atoms with Crippen molar-refractivity contribution in [3.63, 3.8) is 0 Å². The van der Waals surface area contributed by atoms with Crippen LogP contribution in [0, 0.1) is 0 Å². The Balaban J connectivity index is 1.89. The first kappa shape index (κ1) is 11.3. The van der Waals surface area contributed by atoms with Crippen molar-refractivity contribution in [1.29, 1.82) is 0 Å². The largest absolute Gasteiger partial charge is 0.376 e. The van der Waals surface area contributed by atoms with Gasteiger partial charge in [0.1, 0.15) is 0 Å². The smallest absolute Gasteiger partial charge is 0.157 e. The number of aliphatic imine (C=N–C) groups is 1. The van der Waals surface area contributed by atoms with Gasteiger partial charge in [0.2, 0.25) is 0 Å². The van der Waals surface area contributed by atoms with E-state index in [-0.39, 0.29) is 11.1 Å². The van der Waals surface area contributed by atoms with Crippen molar-refractivity contribution in [2.24, 2.45) is 4.99 Å². The van der Waals surface area contributed by atoms with Crippen LogP contribution in [0.2, 0.25) is 0 Å². The lowest BCUT2D eigenvalue weighted by atomic mass is 9.80. The summed E-state index contributed by atoms with van der Waals surface area (Å²) < 4.78 is 5.54. The first-order valence-corrected chi connectivity index (χ1v) is 6.54. The third-order valence-electron chi connectivity index (χ3n) is 3.22. The van der Waals surface area contributed by atoms with Gasteiger partial charge in [-0.2, -0.15) is 0 Å². The van der Waals surface area contributed by atoms with Gasteiger partial charge in [0.05, 0.1) is 12.1 Å². The summed E-state index contributed by atoms with van der Waals surface area (Å²) in [6.45, 7) is 5.23. The SMILES string of the molecule is COC1(CN=C2NC(C)(C)CS2)CCC1. The van der Waals surface area contributed by atoms with Crippen molar-refractivity contribution in [3.8, 4) is 0 Å². The molecule has 1 saturated heterocycles. The fraction of sp³-hybridized carbons (Fsp3) is 0.909. The zero-order valence-electron chi connectivity index (χ0n) is 9.80. The molecule has 0 bridgehead atoms. The van der Waals surface area contributed by atoms with Crippen LogP contribution in [0.15, 0.2) is 4.99 Å². The third-order valence-corrected chi connectivity index (χ3v) is 4.59. The van der Waals surface area contributed by atoms with Gasteiger partial charge in [0.15, 0.2) is 5.17 Å². The van der Waals surface area contributed by atoms with E-state index in [0.29, 0.717) is 0 Å². The Bertz CT molecular complexity index is 266. The van der Waals surface area contributed by atoms with E-state index in [0.717, 1.165) is 30.3 Å². The summed E-state index contributed by atoms with van der Waals surface area (Å²) in [5, 5.41) is 4.52. The minimum Gasteiger partial charge on any atom is -0.376 e. The molecule has 0 aromatic carbocycles. The summed E-state index contributed by atoms with van der Waals surface area (Å²) in [7, 11) is 1.80. The molecule has 0 unspecified atom stereocenters. The van der Waals surface area contributed by atoms with Crippen LogP contribution in [0.5, 0.6) is 0 Å². The second-order valence-electron chi connectivity index (χ2n) is 5.16. The second-order valence-corrected chi connectivity index (χ2v) is 6.12. The predicted octanol–water partition coefficient (Wildman–Crippen LogP) is 2.03.